The molecule has 1 heterocycles. The van der Waals surface area contributed by atoms with Crippen LogP contribution in [-0.2, 0) is 14.3 Å². The first-order valence-electron chi connectivity index (χ1n) is 5.86. The number of rotatable bonds is 5. The molecule has 0 saturated carbocycles. The molecule has 1 rings (SSSR count). The molecule has 0 aromatic rings. The smallest absolute Gasteiger partial charge is 0.329 e. The molecule has 0 spiro atoms. The lowest BCUT2D eigenvalue weighted by Crippen LogP contribution is -2.58. The number of carbonyl (C=O) groups excluding carboxylic acids is 1. The Balaban J connectivity index is 2.25. The van der Waals surface area contributed by atoms with E-state index in [0.29, 0.717) is 26.3 Å². The maximum absolute atomic E-state index is 11.9. The Morgan fingerprint density at radius 2 is 2.22 bits per heavy atom. The SMILES string of the molecule is CC1(C)COCCN1C(=O)NCCOCC(=O)O. The van der Waals surface area contributed by atoms with Crippen molar-refractivity contribution in [3.8, 4) is 0 Å². The number of carboxylic acid groups (broad SMARTS) is 1. The fourth-order valence-electron chi connectivity index (χ4n) is 1.72. The summed E-state index contributed by atoms with van der Waals surface area (Å²) in [6.45, 7) is 5.59. The number of hydrogen-bond acceptors (Lipinski definition) is 4. The van der Waals surface area contributed by atoms with Crippen LogP contribution in [0, 0.1) is 0 Å². The number of hydrogen-bond donors (Lipinski definition) is 2. The molecule has 1 fully saturated rings. The van der Waals surface area contributed by atoms with Gasteiger partial charge in [-0.15, -0.1) is 0 Å². The highest BCUT2D eigenvalue weighted by atomic mass is 16.5. The van der Waals surface area contributed by atoms with Crippen molar-refractivity contribution in [1.29, 1.82) is 0 Å². The average molecular weight is 260 g/mol. The van der Waals surface area contributed by atoms with E-state index >= 15 is 0 Å². The van der Waals surface area contributed by atoms with Crippen molar-refractivity contribution < 1.29 is 24.2 Å². The average Bonchev–Trinajstić information content (AvgIpc) is 2.27. The quantitative estimate of drug-likeness (QED) is 0.674. The minimum Gasteiger partial charge on any atom is -0.480 e. The minimum absolute atomic E-state index is 0.178. The van der Waals surface area contributed by atoms with Crippen LogP contribution in [-0.4, -0.2) is 67.1 Å². The molecule has 7 heteroatoms. The molecule has 7 nitrogen and oxygen atoms in total. The van der Waals surface area contributed by atoms with Crippen LogP contribution in [0.25, 0.3) is 0 Å². The van der Waals surface area contributed by atoms with Gasteiger partial charge in [-0.3, -0.25) is 0 Å². The number of ether oxygens (including phenoxy) is 2. The molecule has 1 saturated heterocycles. The molecule has 1 aliphatic rings. The Morgan fingerprint density at radius 1 is 1.50 bits per heavy atom. The fourth-order valence-corrected chi connectivity index (χ4v) is 1.72. The molecular formula is C11H20N2O5. The van der Waals surface area contributed by atoms with Crippen molar-refractivity contribution in [2.24, 2.45) is 0 Å². The van der Waals surface area contributed by atoms with E-state index in [9.17, 15) is 9.59 Å². The highest BCUT2D eigenvalue weighted by Crippen LogP contribution is 2.18. The molecular weight excluding hydrogens is 240 g/mol. The fraction of sp³-hybridized carbons (Fsp3) is 0.818. The number of urea groups is 1. The first-order valence-corrected chi connectivity index (χ1v) is 5.86. The number of aliphatic carboxylic acids is 1. The maximum Gasteiger partial charge on any atom is 0.329 e. The third-order valence-corrected chi connectivity index (χ3v) is 2.64. The monoisotopic (exact) mass is 260 g/mol. The van der Waals surface area contributed by atoms with Crippen LogP contribution in [0.15, 0.2) is 0 Å². The van der Waals surface area contributed by atoms with Gasteiger partial charge in [-0.1, -0.05) is 0 Å². The summed E-state index contributed by atoms with van der Waals surface area (Å²) in [5.41, 5.74) is -0.329. The molecule has 2 amide bonds. The highest BCUT2D eigenvalue weighted by molar-refractivity contribution is 5.75. The molecule has 0 aromatic carbocycles. The standard InChI is InChI=1S/C11H20N2O5/c1-11(2)8-18-6-4-13(11)10(16)12-3-5-17-7-9(14)15/h3-8H2,1-2H3,(H,12,16)(H,14,15). The van der Waals surface area contributed by atoms with Gasteiger partial charge in [0.1, 0.15) is 6.61 Å². The van der Waals surface area contributed by atoms with Gasteiger partial charge in [0.2, 0.25) is 0 Å². The third-order valence-electron chi connectivity index (χ3n) is 2.64. The second kappa shape index (κ2) is 6.55. The number of amides is 2. The molecule has 0 radical (unpaired) electrons. The van der Waals surface area contributed by atoms with Gasteiger partial charge < -0.3 is 24.8 Å². The van der Waals surface area contributed by atoms with Gasteiger partial charge in [-0.25, -0.2) is 9.59 Å². The summed E-state index contributed by atoms with van der Waals surface area (Å²) in [6, 6.07) is -0.178. The molecule has 0 aliphatic carbocycles. The molecule has 1 aliphatic heterocycles. The van der Waals surface area contributed by atoms with Gasteiger partial charge in [-0.2, -0.15) is 0 Å². The first kappa shape index (κ1) is 14.7. The zero-order chi connectivity index (χ0) is 13.6. The predicted molar refractivity (Wildman–Crippen MR) is 63.5 cm³/mol. The predicted octanol–water partition coefficient (Wildman–Crippen LogP) is -0.0920. The Hall–Kier alpha value is -1.34. The lowest BCUT2D eigenvalue weighted by Gasteiger charge is -2.41. The molecule has 0 bridgehead atoms. The lowest BCUT2D eigenvalue weighted by atomic mass is 10.0. The Kier molecular flexibility index (Phi) is 5.36. The maximum atomic E-state index is 11.9. The minimum atomic E-state index is -1.02. The zero-order valence-corrected chi connectivity index (χ0v) is 10.8. The highest BCUT2D eigenvalue weighted by Gasteiger charge is 2.33. The summed E-state index contributed by atoms with van der Waals surface area (Å²) in [5.74, 6) is -1.02. The largest absolute Gasteiger partial charge is 0.480 e. The number of carboxylic acids is 1. The molecule has 0 unspecified atom stereocenters. The topological polar surface area (TPSA) is 88.1 Å². The van der Waals surface area contributed by atoms with Crippen LogP contribution in [0.3, 0.4) is 0 Å². The lowest BCUT2D eigenvalue weighted by molar-refractivity contribution is -0.142. The summed E-state index contributed by atoms with van der Waals surface area (Å²) in [5, 5.41) is 11.1. The van der Waals surface area contributed by atoms with Crippen LogP contribution in [0.1, 0.15) is 13.8 Å². The van der Waals surface area contributed by atoms with E-state index in [4.69, 9.17) is 14.6 Å². The van der Waals surface area contributed by atoms with E-state index in [1.54, 1.807) is 4.90 Å². The molecule has 104 valence electrons. The van der Waals surface area contributed by atoms with Gasteiger partial charge in [0.15, 0.2) is 0 Å². The first-order chi connectivity index (χ1) is 8.43. The van der Waals surface area contributed by atoms with Crippen molar-refractivity contribution in [3.05, 3.63) is 0 Å². The van der Waals surface area contributed by atoms with E-state index in [-0.39, 0.29) is 24.8 Å². The van der Waals surface area contributed by atoms with Crippen LogP contribution < -0.4 is 5.32 Å². The number of nitrogens with one attached hydrogen (secondary N) is 1. The number of morpholine rings is 1. The van der Waals surface area contributed by atoms with Crippen LogP contribution in [0.5, 0.6) is 0 Å². The summed E-state index contributed by atoms with van der Waals surface area (Å²) in [4.78, 5) is 23.8. The van der Waals surface area contributed by atoms with Crippen LogP contribution >= 0.6 is 0 Å². The molecule has 0 atom stereocenters. The van der Waals surface area contributed by atoms with Crippen LogP contribution in [0.4, 0.5) is 4.79 Å². The van der Waals surface area contributed by atoms with E-state index in [1.807, 2.05) is 13.8 Å². The zero-order valence-electron chi connectivity index (χ0n) is 10.8. The van der Waals surface area contributed by atoms with Gasteiger partial charge in [0.05, 0.1) is 25.4 Å². The van der Waals surface area contributed by atoms with Crippen LogP contribution in [0.2, 0.25) is 0 Å². The van der Waals surface area contributed by atoms with E-state index < -0.39 is 5.97 Å². The van der Waals surface area contributed by atoms with E-state index in [2.05, 4.69) is 5.32 Å². The second-order valence-corrected chi connectivity index (χ2v) is 4.69. The van der Waals surface area contributed by atoms with Gasteiger partial charge in [0.25, 0.3) is 0 Å². The summed E-state index contributed by atoms with van der Waals surface area (Å²) in [7, 11) is 0. The van der Waals surface area contributed by atoms with E-state index in [1.165, 1.54) is 0 Å². The normalized spacial score (nSPS) is 18.4. The second-order valence-electron chi connectivity index (χ2n) is 4.69. The summed E-state index contributed by atoms with van der Waals surface area (Å²) >= 11 is 0. The van der Waals surface area contributed by atoms with E-state index in [0.717, 1.165) is 0 Å². The Morgan fingerprint density at radius 3 is 2.83 bits per heavy atom. The number of nitrogens with zero attached hydrogens (tertiary/aromatic N) is 1. The van der Waals surface area contributed by atoms with Crippen molar-refractivity contribution in [2.45, 2.75) is 19.4 Å². The van der Waals surface area contributed by atoms with Gasteiger partial charge >= 0.3 is 12.0 Å². The van der Waals surface area contributed by atoms with Crippen molar-refractivity contribution in [1.82, 2.24) is 10.2 Å². The molecule has 0 aromatic heterocycles. The van der Waals surface area contributed by atoms with Gasteiger partial charge in [-0.05, 0) is 13.8 Å². The third kappa shape index (κ3) is 4.50. The van der Waals surface area contributed by atoms with Crippen molar-refractivity contribution >= 4 is 12.0 Å². The van der Waals surface area contributed by atoms with Crippen molar-refractivity contribution in [3.63, 3.8) is 0 Å². The Labute approximate surface area is 106 Å². The molecule has 18 heavy (non-hydrogen) atoms. The summed E-state index contributed by atoms with van der Waals surface area (Å²) < 4.78 is 10.2. The van der Waals surface area contributed by atoms with Gasteiger partial charge in [0, 0.05) is 13.1 Å². The van der Waals surface area contributed by atoms with Crippen molar-refractivity contribution in [2.75, 3.05) is 39.5 Å². The summed E-state index contributed by atoms with van der Waals surface area (Å²) in [6.07, 6.45) is 0. The Bertz CT molecular complexity index is 306. The number of carbonyl (C=O) groups is 2. The molecule has 2 N–H and O–H groups in total.